The molecule has 2 rings (SSSR count). The maximum Gasteiger partial charge on any atom is 0.492 e. The Balaban J connectivity index is 2.46. The summed E-state index contributed by atoms with van der Waals surface area (Å²) < 4.78 is 5.59. The third-order valence-electron chi connectivity index (χ3n) is 2.83. The van der Waals surface area contributed by atoms with Gasteiger partial charge < -0.3 is 14.8 Å². The fourth-order valence-electron chi connectivity index (χ4n) is 1.89. The third-order valence-corrected chi connectivity index (χ3v) is 3.20. The summed E-state index contributed by atoms with van der Waals surface area (Å²) in [5.74, 6) is 0.451. The van der Waals surface area contributed by atoms with Crippen molar-refractivity contribution in [3.05, 3.63) is 47.5 Å². The lowest BCUT2D eigenvalue weighted by Gasteiger charge is -2.13. The zero-order valence-corrected chi connectivity index (χ0v) is 11.3. The Kier molecular flexibility index (Phi) is 4.48. The van der Waals surface area contributed by atoms with Crippen LogP contribution in [0.25, 0.3) is 10.8 Å². The summed E-state index contributed by atoms with van der Waals surface area (Å²) in [4.78, 5) is 0. The Morgan fingerprint density at radius 2 is 2.00 bits per heavy atom. The van der Waals surface area contributed by atoms with E-state index in [0.29, 0.717) is 17.8 Å². The van der Waals surface area contributed by atoms with Crippen molar-refractivity contribution < 1.29 is 14.8 Å². The Morgan fingerprint density at radius 1 is 1.26 bits per heavy atom. The first kappa shape index (κ1) is 13.9. The second-order valence-electron chi connectivity index (χ2n) is 4.32. The molecule has 0 saturated heterocycles. The predicted octanol–water partition coefficient (Wildman–Crippen LogP) is 2.04. The van der Waals surface area contributed by atoms with E-state index >= 15 is 0 Å². The van der Waals surface area contributed by atoms with Crippen LogP contribution in [0.5, 0.6) is 5.75 Å². The predicted molar refractivity (Wildman–Crippen MR) is 78.9 cm³/mol. The lowest BCUT2D eigenvalue weighted by atomic mass is 9.76. The van der Waals surface area contributed by atoms with Crippen LogP contribution in [0.3, 0.4) is 0 Å². The summed E-state index contributed by atoms with van der Waals surface area (Å²) in [5, 5.41) is 20.8. The Hall–Kier alpha value is -1.49. The zero-order valence-electron chi connectivity index (χ0n) is 10.5. The molecule has 2 aromatic carbocycles. The standard InChI is InChI=1S/C14H14BClO3/c1-10(8-16)9-19-13-7-6-11-4-2-3-5-12(11)14(13)15(17)18/h2-8,17-18H,9H2,1H3/b10-8-. The third kappa shape index (κ3) is 3.10. The second-order valence-corrected chi connectivity index (χ2v) is 4.53. The Bertz CT molecular complexity index is 611. The van der Waals surface area contributed by atoms with Gasteiger partial charge in [-0.15, -0.1) is 0 Å². The van der Waals surface area contributed by atoms with E-state index in [2.05, 4.69) is 0 Å². The summed E-state index contributed by atoms with van der Waals surface area (Å²) in [6.45, 7) is 2.14. The van der Waals surface area contributed by atoms with Gasteiger partial charge in [0.25, 0.3) is 0 Å². The van der Waals surface area contributed by atoms with Gasteiger partial charge in [-0.2, -0.15) is 0 Å². The molecule has 0 aliphatic carbocycles. The van der Waals surface area contributed by atoms with Gasteiger partial charge >= 0.3 is 7.12 Å². The van der Waals surface area contributed by atoms with Crippen molar-refractivity contribution in [1.29, 1.82) is 0 Å². The normalized spacial score (nSPS) is 11.7. The largest absolute Gasteiger partial charge is 0.492 e. The van der Waals surface area contributed by atoms with Crippen LogP contribution in [-0.2, 0) is 0 Å². The SMILES string of the molecule is C/C(=C/Cl)COc1ccc2ccccc2c1B(O)O. The molecule has 0 radical (unpaired) electrons. The second kappa shape index (κ2) is 6.11. The van der Waals surface area contributed by atoms with Crippen LogP contribution >= 0.6 is 11.6 Å². The zero-order chi connectivity index (χ0) is 13.8. The van der Waals surface area contributed by atoms with Crippen LogP contribution in [-0.4, -0.2) is 23.8 Å². The number of hydrogen-bond donors (Lipinski definition) is 2. The molecule has 2 N–H and O–H groups in total. The van der Waals surface area contributed by atoms with E-state index in [1.807, 2.05) is 37.3 Å². The molecule has 3 nitrogen and oxygen atoms in total. The molecule has 0 aromatic heterocycles. The molecule has 0 fully saturated rings. The van der Waals surface area contributed by atoms with Crippen LogP contribution in [0.2, 0.25) is 0 Å². The number of ether oxygens (including phenoxy) is 1. The van der Waals surface area contributed by atoms with Crippen LogP contribution < -0.4 is 10.2 Å². The van der Waals surface area contributed by atoms with Crippen molar-refractivity contribution in [2.45, 2.75) is 6.92 Å². The summed E-state index contributed by atoms with van der Waals surface area (Å²) in [7, 11) is -1.58. The van der Waals surface area contributed by atoms with Crippen molar-refractivity contribution in [2.24, 2.45) is 0 Å². The first-order valence-electron chi connectivity index (χ1n) is 5.90. The molecule has 0 heterocycles. The number of hydrogen-bond acceptors (Lipinski definition) is 3. The average molecular weight is 277 g/mol. The fraction of sp³-hybridized carbons (Fsp3) is 0.143. The highest BCUT2D eigenvalue weighted by Crippen LogP contribution is 2.19. The van der Waals surface area contributed by atoms with Crippen molar-refractivity contribution in [1.82, 2.24) is 0 Å². The summed E-state index contributed by atoms with van der Waals surface area (Å²) in [6, 6.07) is 11.1. The van der Waals surface area contributed by atoms with Gasteiger partial charge in [0.15, 0.2) is 0 Å². The van der Waals surface area contributed by atoms with Gasteiger partial charge in [-0.3, -0.25) is 0 Å². The molecule has 19 heavy (non-hydrogen) atoms. The quantitative estimate of drug-likeness (QED) is 0.840. The molecule has 0 aliphatic rings. The topological polar surface area (TPSA) is 49.7 Å². The molecule has 98 valence electrons. The maximum atomic E-state index is 9.56. The highest BCUT2D eigenvalue weighted by atomic mass is 35.5. The van der Waals surface area contributed by atoms with Gasteiger partial charge in [-0.1, -0.05) is 41.9 Å². The summed E-state index contributed by atoms with van der Waals surface area (Å²) in [6.07, 6.45) is 0. The smallest absolute Gasteiger partial charge is 0.490 e. The minimum Gasteiger partial charge on any atom is -0.490 e. The maximum absolute atomic E-state index is 9.56. The van der Waals surface area contributed by atoms with Crippen LogP contribution in [0.4, 0.5) is 0 Å². The van der Waals surface area contributed by atoms with Gasteiger partial charge in [0.1, 0.15) is 12.4 Å². The first-order chi connectivity index (χ1) is 9.13. The molecule has 0 aliphatic heterocycles. The number of rotatable bonds is 4. The van der Waals surface area contributed by atoms with Gasteiger partial charge in [0.05, 0.1) is 0 Å². The molecule has 0 unspecified atom stereocenters. The minimum absolute atomic E-state index is 0.307. The van der Waals surface area contributed by atoms with Crippen molar-refractivity contribution in [2.75, 3.05) is 6.61 Å². The first-order valence-corrected chi connectivity index (χ1v) is 6.33. The van der Waals surface area contributed by atoms with Gasteiger partial charge in [-0.05, 0) is 29.3 Å². The molecular formula is C14H14BClO3. The van der Waals surface area contributed by atoms with Gasteiger partial charge in [-0.25, -0.2) is 0 Å². The number of halogens is 1. The number of fused-ring (bicyclic) bond motifs is 1. The van der Waals surface area contributed by atoms with Crippen LogP contribution in [0.15, 0.2) is 47.5 Å². The molecule has 0 saturated carbocycles. The van der Waals surface area contributed by atoms with Gasteiger partial charge in [0, 0.05) is 11.0 Å². The van der Waals surface area contributed by atoms with E-state index in [0.717, 1.165) is 16.3 Å². The van der Waals surface area contributed by atoms with E-state index in [4.69, 9.17) is 16.3 Å². The molecule has 0 bridgehead atoms. The minimum atomic E-state index is -1.58. The fourth-order valence-corrected chi connectivity index (χ4v) is 1.95. The molecule has 2 aromatic rings. The lowest BCUT2D eigenvalue weighted by Crippen LogP contribution is -2.32. The highest BCUT2D eigenvalue weighted by molar-refractivity contribution is 6.63. The summed E-state index contributed by atoms with van der Waals surface area (Å²) >= 11 is 5.57. The van der Waals surface area contributed by atoms with Crippen LogP contribution in [0, 0.1) is 0 Å². The number of benzene rings is 2. The Labute approximate surface area is 117 Å². The summed E-state index contributed by atoms with van der Waals surface area (Å²) in [5.41, 5.74) is 2.67. The lowest BCUT2D eigenvalue weighted by molar-refractivity contribution is 0.352. The van der Waals surface area contributed by atoms with E-state index in [9.17, 15) is 10.0 Å². The van der Waals surface area contributed by atoms with E-state index < -0.39 is 7.12 Å². The van der Waals surface area contributed by atoms with Gasteiger partial charge in [0.2, 0.25) is 0 Å². The van der Waals surface area contributed by atoms with Crippen molar-refractivity contribution in [3.63, 3.8) is 0 Å². The molecule has 5 heteroatoms. The monoisotopic (exact) mass is 276 g/mol. The Morgan fingerprint density at radius 3 is 2.68 bits per heavy atom. The molecule has 0 atom stereocenters. The highest BCUT2D eigenvalue weighted by Gasteiger charge is 2.20. The average Bonchev–Trinajstić information content (AvgIpc) is 2.43. The molecule has 0 spiro atoms. The van der Waals surface area contributed by atoms with E-state index in [-0.39, 0.29) is 0 Å². The van der Waals surface area contributed by atoms with Crippen molar-refractivity contribution in [3.8, 4) is 5.75 Å². The van der Waals surface area contributed by atoms with Crippen molar-refractivity contribution >= 4 is 35.0 Å². The van der Waals surface area contributed by atoms with Crippen LogP contribution in [0.1, 0.15) is 6.92 Å². The van der Waals surface area contributed by atoms with E-state index in [1.54, 1.807) is 6.07 Å². The molecule has 0 amide bonds. The molecular weight excluding hydrogens is 262 g/mol. The van der Waals surface area contributed by atoms with E-state index in [1.165, 1.54) is 5.54 Å².